The van der Waals surface area contributed by atoms with Crippen LogP contribution >= 0.6 is 0 Å². The summed E-state index contributed by atoms with van der Waals surface area (Å²) in [5.41, 5.74) is 6.71. The second-order valence-corrected chi connectivity index (χ2v) is 4.67. The van der Waals surface area contributed by atoms with Gasteiger partial charge in [-0.2, -0.15) is 0 Å². The number of hydrogen-bond acceptors (Lipinski definition) is 3. The fourth-order valence-corrected chi connectivity index (χ4v) is 2.24. The van der Waals surface area contributed by atoms with Crippen LogP contribution in [-0.4, -0.2) is 19.1 Å². The number of nitrogens with one attached hydrogen (secondary N) is 1. The average molecular weight is 234 g/mol. The molecule has 1 aromatic rings. The van der Waals surface area contributed by atoms with Gasteiger partial charge in [0.15, 0.2) is 0 Å². The third kappa shape index (κ3) is 2.35. The molecule has 0 bridgehead atoms. The summed E-state index contributed by atoms with van der Waals surface area (Å²) in [5, 5.41) is 2.98. The first-order valence-electron chi connectivity index (χ1n) is 5.85. The molecule has 92 valence electrons. The predicted octanol–water partition coefficient (Wildman–Crippen LogP) is 1.81. The molecule has 0 unspecified atom stereocenters. The maximum absolute atomic E-state index is 12.1. The van der Waals surface area contributed by atoms with Crippen LogP contribution in [0.1, 0.15) is 30.1 Å². The molecule has 4 heteroatoms. The summed E-state index contributed by atoms with van der Waals surface area (Å²) >= 11 is 0. The predicted molar refractivity (Wildman–Crippen MR) is 67.1 cm³/mol. The van der Waals surface area contributed by atoms with Crippen molar-refractivity contribution >= 4 is 11.6 Å². The Balaban J connectivity index is 2.13. The highest BCUT2D eigenvalue weighted by Crippen LogP contribution is 2.28. The van der Waals surface area contributed by atoms with Gasteiger partial charge in [-0.3, -0.25) is 4.79 Å². The molecule has 0 spiro atoms. The van der Waals surface area contributed by atoms with Crippen LogP contribution in [0.2, 0.25) is 0 Å². The summed E-state index contributed by atoms with van der Waals surface area (Å²) in [5.74, 6) is 1.09. The van der Waals surface area contributed by atoms with Crippen molar-refractivity contribution < 1.29 is 9.53 Å². The van der Waals surface area contributed by atoms with Crippen LogP contribution in [0.4, 0.5) is 5.69 Å². The molecule has 0 aliphatic heterocycles. The zero-order chi connectivity index (χ0) is 12.4. The number of methoxy groups -OCH3 is 1. The molecule has 0 saturated heterocycles. The minimum absolute atomic E-state index is 0.142. The highest BCUT2D eigenvalue weighted by Gasteiger charge is 2.28. The first-order chi connectivity index (χ1) is 8.11. The van der Waals surface area contributed by atoms with E-state index in [9.17, 15) is 4.79 Å². The first-order valence-corrected chi connectivity index (χ1v) is 5.85. The number of carbonyl (C=O) groups is 1. The van der Waals surface area contributed by atoms with Gasteiger partial charge in [-0.15, -0.1) is 0 Å². The highest BCUT2D eigenvalue weighted by molar-refractivity contribution is 6.02. The Morgan fingerprint density at radius 2 is 2.18 bits per heavy atom. The third-order valence-electron chi connectivity index (χ3n) is 3.21. The molecule has 1 aliphatic carbocycles. The Labute approximate surface area is 101 Å². The molecule has 1 aromatic carbocycles. The molecule has 0 aromatic heterocycles. The van der Waals surface area contributed by atoms with E-state index in [1.54, 1.807) is 18.2 Å². The summed E-state index contributed by atoms with van der Waals surface area (Å²) in [6.45, 7) is 2.18. The lowest BCUT2D eigenvalue weighted by Crippen LogP contribution is -2.43. The Morgan fingerprint density at radius 3 is 2.76 bits per heavy atom. The molecule has 1 aliphatic rings. The lowest BCUT2D eigenvalue weighted by atomic mass is 9.82. The highest BCUT2D eigenvalue weighted by atomic mass is 16.5. The topological polar surface area (TPSA) is 64.3 Å². The number of nitrogen functional groups attached to an aromatic ring is 1. The maximum atomic E-state index is 12.1. The van der Waals surface area contributed by atoms with Crippen LogP contribution in [0, 0.1) is 5.92 Å². The van der Waals surface area contributed by atoms with Gasteiger partial charge in [-0.1, -0.05) is 13.0 Å². The number of carbonyl (C=O) groups excluding carboxylic acids is 1. The van der Waals surface area contributed by atoms with Gasteiger partial charge >= 0.3 is 0 Å². The summed E-state index contributed by atoms with van der Waals surface area (Å²) in [6.07, 6.45) is 2.08. The van der Waals surface area contributed by atoms with Crippen molar-refractivity contribution in [3.05, 3.63) is 23.8 Å². The van der Waals surface area contributed by atoms with E-state index < -0.39 is 0 Å². The Hall–Kier alpha value is -1.71. The smallest absolute Gasteiger partial charge is 0.257 e. The molecule has 1 fully saturated rings. The van der Waals surface area contributed by atoms with E-state index >= 15 is 0 Å². The normalized spacial score (nSPS) is 22.7. The van der Waals surface area contributed by atoms with Gasteiger partial charge in [-0.25, -0.2) is 0 Å². The maximum Gasteiger partial charge on any atom is 0.257 e. The van der Waals surface area contributed by atoms with E-state index in [1.165, 1.54) is 7.11 Å². The van der Waals surface area contributed by atoms with Crippen molar-refractivity contribution in [2.75, 3.05) is 12.8 Å². The van der Waals surface area contributed by atoms with E-state index in [-0.39, 0.29) is 11.9 Å². The zero-order valence-electron chi connectivity index (χ0n) is 10.2. The molecular formula is C13H18N2O2. The van der Waals surface area contributed by atoms with E-state index in [1.807, 2.05) is 0 Å². The van der Waals surface area contributed by atoms with Gasteiger partial charge in [-0.05, 0) is 30.9 Å². The van der Waals surface area contributed by atoms with Crippen molar-refractivity contribution in [1.29, 1.82) is 0 Å². The first kappa shape index (κ1) is 11.8. The van der Waals surface area contributed by atoms with Crippen LogP contribution in [0.15, 0.2) is 18.2 Å². The molecule has 2 rings (SSSR count). The van der Waals surface area contributed by atoms with E-state index in [2.05, 4.69) is 12.2 Å². The van der Waals surface area contributed by atoms with Crippen molar-refractivity contribution in [3.63, 3.8) is 0 Å². The van der Waals surface area contributed by atoms with Crippen molar-refractivity contribution in [1.82, 2.24) is 5.32 Å². The molecule has 1 saturated carbocycles. The Morgan fingerprint density at radius 1 is 1.47 bits per heavy atom. The minimum Gasteiger partial charge on any atom is -0.496 e. The van der Waals surface area contributed by atoms with Crippen molar-refractivity contribution in [2.24, 2.45) is 5.92 Å². The van der Waals surface area contributed by atoms with Gasteiger partial charge in [0.25, 0.3) is 5.91 Å². The van der Waals surface area contributed by atoms with Gasteiger partial charge in [0.2, 0.25) is 0 Å². The standard InChI is InChI=1S/C13H18N2O2/c1-8-6-9(7-8)15-13(16)12-10(14)4-3-5-11(12)17-2/h3-5,8-9H,6-7,14H2,1-2H3,(H,15,16). The number of ether oxygens (including phenoxy) is 1. The van der Waals surface area contributed by atoms with E-state index in [4.69, 9.17) is 10.5 Å². The molecule has 4 nitrogen and oxygen atoms in total. The molecule has 0 atom stereocenters. The lowest BCUT2D eigenvalue weighted by molar-refractivity contribution is 0.0894. The molecule has 0 heterocycles. The SMILES string of the molecule is COc1cccc(N)c1C(=O)NC1CC(C)C1. The van der Waals surface area contributed by atoms with Gasteiger partial charge < -0.3 is 15.8 Å². The Kier molecular flexibility index (Phi) is 3.22. The molecular weight excluding hydrogens is 216 g/mol. The summed E-state index contributed by atoms with van der Waals surface area (Å²) < 4.78 is 5.16. The zero-order valence-corrected chi connectivity index (χ0v) is 10.2. The minimum atomic E-state index is -0.142. The van der Waals surface area contributed by atoms with Crippen LogP contribution in [0.25, 0.3) is 0 Å². The molecule has 1 amide bonds. The van der Waals surface area contributed by atoms with Crippen LogP contribution in [-0.2, 0) is 0 Å². The van der Waals surface area contributed by atoms with Crippen LogP contribution in [0.3, 0.4) is 0 Å². The van der Waals surface area contributed by atoms with Crippen molar-refractivity contribution in [3.8, 4) is 5.75 Å². The molecule has 0 radical (unpaired) electrons. The van der Waals surface area contributed by atoms with E-state index in [0.717, 1.165) is 12.8 Å². The summed E-state index contributed by atoms with van der Waals surface area (Å²) in [4.78, 5) is 12.1. The third-order valence-corrected chi connectivity index (χ3v) is 3.21. The summed E-state index contributed by atoms with van der Waals surface area (Å²) in [7, 11) is 1.54. The second-order valence-electron chi connectivity index (χ2n) is 4.67. The number of amides is 1. The van der Waals surface area contributed by atoms with E-state index in [0.29, 0.717) is 22.9 Å². The quantitative estimate of drug-likeness (QED) is 0.784. The number of hydrogen-bond donors (Lipinski definition) is 2. The fraction of sp³-hybridized carbons (Fsp3) is 0.462. The van der Waals surface area contributed by atoms with Crippen LogP contribution in [0.5, 0.6) is 5.75 Å². The Bertz CT molecular complexity index is 425. The lowest BCUT2D eigenvalue weighted by Gasteiger charge is -2.33. The van der Waals surface area contributed by atoms with Gasteiger partial charge in [0.1, 0.15) is 11.3 Å². The van der Waals surface area contributed by atoms with Crippen LogP contribution < -0.4 is 15.8 Å². The molecule has 17 heavy (non-hydrogen) atoms. The fourth-order valence-electron chi connectivity index (χ4n) is 2.24. The average Bonchev–Trinajstić information content (AvgIpc) is 2.26. The monoisotopic (exact) mass is 234 g/mol. The molecule has 3 N–H and O–H groups in total. The number of rotatable bonds is 3. The largest absolute Gasteiger partial charge is 0.496 e. The number of anilines is 1. The number of benzene rings is 1. The number of nitrogens with two attached hydrogens (primary N) is 1. The second kappa shape index (κ2) is 4.65. The van der Waals surface area contributed by atoms with Gasteiger partial charge in [0, 0.05) is 11.7 Å². The van der Waals surface area contributed by atoms with Crippen molar-refractivity contribution in [2.45, 2.75) is 25.8 Å². The summed E-state index contributed by atoms with van der Waals surface area (Å²) in [6, 6.07) is 5.51. The van der Waals surface area contributed by atoms with Gasteiger partial charge in [0.05, 0.1) is 7.11 Å².